The Labute approximate surface area is 161 Å². The highest BCUT2D eigenvalue weighted by Crippen LogP contribution is 2.62. The van der Waals surface area contributed by atoms with Gasteiger partial charge in [0.1, 0.15) is 6.61 Å². The molecule has 0 saturated heterocycles. The van der Waals surface area contributed by atoms with Gasteiger partial charge in [0.15, 0.2) is 0 Å². The van der Waals surface area contributed by atoms with Gasteiger partial charge in [0.25, 0.3) is 0 Å². The van der Waals surface area contributed by atoms with Crippen molar-refractivity contribution in [3.63, 3.8) is 0 Å². The number of nitrogens with one attached hydrogen (secondary N) is 1. The summed E-state index contributed by atoms with van der Waals surface area (Å²) in [7, 11) is 0. The predicted octanol–water partition coefficient (Wildman–Crippen LogP) is 4.22. The Balaban J connectivity index is 1.45. The van der Waals surface area contributed by atoms with E-state index in [2.05, 4.69) is 5.32 Å². The van der Waals surface area contributed by atoms with Crippen LogP contribution < -0.4 is 5.32 Å². The highest BCUT2D eigenvalue weighted by Gasteiger charge is 2.61. The van der Waals surface area contributed by atoms with E-state index in [0.717, 1.165) is 44.2 Å². The number of hydrogen-bond donors (Lipinski definition) is 1. The van der Waals surface area contributed by atoms with Gasteiger partial charge in [-0.25, -0.2) is 0 Å². The molecule has 1 N–H and O–H groups in total. The second kappa shape index (κ2) is 6.49. The molecule has 1 aromatic rings. The van der Waals surface area contributed by atoms with E-state index in [1.54, 1.807) is 0 Å². The number of carbonyl (C=O) groups excluding carboxylic acids is 2. The number of esters is 1. The van der Waals surface area contributed by atoms with Crippen molar-refractivity contribution < 1.29 is 27.5 Å². The predicted molar refractivity (Wildman–Crippen MR) is 94.9 cm³/mol. The maximum Gasteiger partial charge on any atom is 0.416 e. The molecule has 4 saturated carbocycles. The summed E-state index contributed by atoms with van der Waals surface area (Å²) in [5.74, 6) is 0.463. The standard InChI is InChI=1S/C21H24F3NO3/c1-13(26)25-20-9-15-6-16(10-20)8-19(7-15,12-20)18(27)28-11-14-2-4-17(5-3-14)21(22,23)24/h2-5,15-16H,6-12H2,1H3,(H,25,26). The Bertz CT molecular complexity index is 773. The first-order valence-electron chi connectivity index (χ1n) is 9.71. The van der Waals surface area contributed by atoms with Gasteiger partial charge in [-0.3, -0.25) is 9.59 Å². The lowest BCUT2D eigenvalue weighted by atomic mass is 9.47. The van der Waals surface area contributed by atoms with Crippen molar-refractivity contribution >= 4 is 11.9 Å². The molecule has 5 rings (SSSR count). The summed E-state index contributed by atoms with van der Waals surface area (Å²) < 4.78 is 43.6. The fraction of sp³-hybridized carbons (Fsp3) is 0.619. The van der Waals surface area contributed by atoms with Crippen molar-refractivity contribution in [2.75, 3.05) is 0 Å². The molecule has 7 heteroatoms. The zero-order valence-electron chi connectivity index (χ0n) is 15.8. The van der Waals surface area contributed by atoms with Crippen LogP contribution in [0.25, 0.3) is 0 Å². The summed E-state index contributed by atoms with van der Waals surface area (Å²) in [5, 5.41) is 3.11. The van der Waals surface area contributed by atoms with Gasteiger partial charge in [-0.15, -0.1) is 0 Å². The molecule has 0 aromatic heterocycles. The van der Waals surface area contributed by atoms with Gasteiger partial charge < -0.3 is 10.1 Å². The highest BCUT2D eigenvalue weighted by atomic mass is 19.4. The molecule has 4 fully saturated rings. The van der Waals surface area contributed by atoms with E-state index in [0.29, 0.717) is 23.8 Å². The van der Waals surface area contributed by atoms with Crippen molar-refractivity contribution in [2.45, 2.75) is 63.8 Å². The lowest BCUT2D eigenvalue weighted by Gasteiger charge is -2.60. The third-order valence-corrected chi connectivity index (χ3v) is 6.59. The molecule has 28 heavy (non-hydrogen) atoms. The first-order chi connectivity index (χ1) is 13.1. The molecule has 1 aromatic carbocycles. The second-order valence-corrected chi connectivity index (χ2v) is 8.97. The average molecular weight is 395 g/mol. The van der Waals surface area contributed by atoms with Gasteiger partial charge in [0.2, 0.25) is 5.91 Å². The Morgan fingerprint density at radius 2 is 1.71 bits per heavy atom. The first-order valence-corrected chi connectivity index (χ1v) is 9.71. The largest absolute Gasteiger partial charge is 0.460 e. The summed E-state index contributed by atoms with van der Waals surface area (Å²) >= 11 is 0. The average Bonchev–Trinajstić information content (AvgIpc) is 2.57. The van der Waals surface area contributed by atoms with E-state index in [9.17, 15) is 22.8 Å². The fourth-order valence-electron chi connectivity index (χ4n) is 6.11. The minimum Gasteiger partial charge on any atom is -0.460 e. The summed E-state index contributed by atoms with van der Waals surface area (Å²) in [4.78, 5) is 24.7. The second-order valence-electron chi connectivity index (χ2n) is 8.97. The smallest absolute Gasteiger partial charge is 0.416 e. The van der Waals surface area contributed by atoms with E-state index < -0.39 is 17.2 Å². The maximum absolute atomic E-state index is 13.0. The lowest BCUT2D eigenvalue weighted by molar-refractivity contribution is -0.177. The first kappa shape index (κ1) is 19.3. The molecule has 4 nitrogen and oxygen atoms in total. The summed E-state index contributed by atoms with van der Waals surface area (Å²) in [6, 6.07) is 4.68. The molecule has 0 radical (unpaired) electrons. The number of carbonyl (C=O) groups is 2. The number of amides is 1. The third-order valence-electron chi connectivity index (χ3n) is 6.59. The van der Waals surface area contributed by atoms with Crippen molar-refractivity contribution in [1.82, 2.24) is 5.32 Å². The van der Waals surface area contributed by atoms with Crippen LogP contribution in [-0.4, -0.2) is 17.4 Å². The van der Waals surface area contributed by atoms with Crippen LogP contribution in [0.3, 0.4) is 0 Å². The Morgan fingerprint density at radius 3 is 2.25 bits per heavy atom. The number of halogens is 3. The van der Waals surface area contributed by atoms with Crippen LogP contribution in [0.2, 0.25) is 0 Å². The van der Waals surface area contributed by atoms with Gasteiger partial charge >= 0.3 is 12.1 Å². The molecule has 2 unspecified atom stereocenters. The van der Waals surface area contributed by atoms with Crippen molar-refractivity contribution in [3.8, 4) is 0 Å². The molecule has 1 amide bonds. The van der Waals surface area contributed by atoms with E-state index in [1.165, 1.54) is 19.1 Å². The molecule has 152 valence electrons. The molecule has 0 heterocycles. The van der Waals surface area contributed by atoms with Gasteiger partial charge in [0.05, 0.1) is 11.0 Å². The Hall–Kier alpha value is -2.05. The van der Waals surface area contributed by atoms with Gasteiger partial charge in [-0.1, -0.05) is 12.1 Å². The number of alkyl halides is 3. The molecule has 0 aliphatic heterocycles. The lowest BCUT2D eigenvalue weighted by Crippen LogP contribution is -2.64. The summed E-state index contributed by atoms with van der Waals surface area (Å²) in [5.41, 5.74) is -1.09. The van der Waals surface area contributed by atoms with Gasteiger partial charge in [0, 0.05) is 12.5 Å². The van der Waals surface area contributed by atoms with Crippen molar-refractivity contribution in [3.05, 3.63) is 35.4 Å². The maximum atomic E-state index is 13.0. The van der Waals surface area contributed by atoms with Crippen LogP contribution in [0.1, 0.15) is 56.6 Å². The normalized spacial score (nSPS) is 33.6. The summed E-state index contributed by atoms with van der Waals surface area (Å²) in [6.45, 7) is 1.47. The number of benzene rings is 1. The van der Waals surface area contributed by atoms with E-state index in [4.69, 9.17) is 4.74 Å². The fourth-order valence-corrected chi connectivity index (χ4v) is 6.11. The van der Waals surface area contributed by atoms with Gasteiger partial charge in [-0.2, -0.15) is 13.2 Å². The van der Waals surface area contributed by atoms with E-state index in [1.807, 2.05) is 0 Å². The molecule has 4 bridgehead atoms. The minimum absolute atomic E-state index is 0.0405. The van der Waals surface area contributed by atoms with E-state index >= 15 is 0 Å². The van der Waals surface area contributed by atoms with Crippen molar-refractivity contribution in [2.24, 2.45) is 17.3 Å². The zero-order chi connectivity index (χ0) is 20.2. The zero-order valence-corrected chi connectivity index (χ0v) is 15.8. The molecule has 4 aliphatic carbocycles. The Morgan fingerprint density at radius 1 is 1.11 bits per heavy atom. The van der Waals surface area contributed by atoms with Gasteiger partial charge in [-0.05, 0) is 68.1 Å². The molecule has 0 spiro atoms. The van der Waals surface area contributed by atoms with Crippen LogP contribution in [0.4, 0.5) is 13.2 Å². The van der Waals surface area contributed by atoms with Crippen molar-refractivity contribution in [1.29, 1.82) is 0 Å². The monoisotopic (exact) mass is 395 g/mol. The third kappa shape index (κ3) is 3.51. The molecule has 2 atom stereocenters. The highest BCUT2D eigenvalue weighted by molar-refractivity contribution is 5.79. The van der Waals surface area contributed by atoms with Crippen LogP contribution in [0, 0.1) is 17.3 Å². The van der Waals surface area contributed by atoms with Crippen LogP contribution in [0.5, 0.6) is 0 Å². The molecular formula is C21H24F3NO3. The molecule has 4 aliphatic rings. The number of hydrogen-bond acceptors (Lipinski definition) is 3. The number of rotatable bonds is 4. The SMILES string of the molecule is CC(=O)NC12CC3CC(C1)CC(C(=O)OCc1ccc(C(F)(F)F)cc1)(C3)C2. The summed E-state index contributed by atoms with van der Waals surface area (Å²) in [6.07, 6.45) is 0.682. The van der Waals surface area contributed by atoms with Crippen LogP contribution >= 0.6 is 0 Å². The number of ether oxygens (including phenoxy) is 1. The topological polar surface area (TPSA) is 55.4 Å². The minimum atomic E-state index is -4.38. The molecular weight excluding hydrogens is 371 g/mol. The van der Waals surface area contributed by atoms with Crippen LogP contribution in [0.15, 0.2) is 24.3 Å². The van der Waals surface area contributed by atoms with Crippen LogP contribution in [-0.2, 0) is 27.1 Å². The van der Waals surface area contributed by atoms with E-state index in [-0.39, 0.29) is 24.0 Å². The quantitative estimate of drug-likeness (QED) is 0.777. The Kier molecular flexibility index (Phi) is 4.47.